The molecule has 1 spiro atoms. The summed E-state index contributed by atoms with van der Waals surface area (Å²) in [5.41, 5.74) is 2.95. The van der Waals surface area contributed by atoms with Gasteiger partial charge in [0.15, 0.2) is 0 Å². The molecular weight excluding hydrogens is 667 g/mol. The number of aliphatic hydroxyl groups excluding tert-OH is 1. The van der Waals surface area contributed by atoms with Crippen LogP contribution in [0.2, 0.25) is 0 Å². The number of likely N-dealkylation sites (tertiary alicyclic amines) is 1. The number of β-amino-alcohol motifs (C(OH)–C–C–N with tert-alkyl or cyclic N) is 1. The quantitative estimate of drug-likeness (QED) is 0.146. The topological polar surface area (TPSA) is 93.1 Å². The summed E-state index contributed by atoms with van der Waals surface area (Å²) >= 11 is 1.53. The third-order valence-electron chi connectivity index (χ3n) is 13.1. The number of benzene rings is 3. The second-order valence-corrected chi connectivity index (χ2v) is 17.2. The van der Waals surface area contributed by atoms with Crippen LogP contribution in [0.25, 0.3) is 10.1 Å². The Labute approximate surface area is 311 Å². The highest BCUT2D eigenvalue weighted by atomic mass is 32.1. The maximum Gasteiger partial charge on any atom is 0.247 e. The van der Waals surface area contributed by atoms with Crippen LogP contribution in [0.15, 0.2) is 90.5 Å². The number of ketones is 1. The standard InChI is InChI=1S/C44H51N3O4S/c1-30-9-8-19-42(2)37(18-20-44(42,51)28-46-23-21-43(22-24-46)41(50)45-29-47(43)33-11-4-3-5-12-33)35-17-15-31(25-34(48)16-14-30)26-36(35)40(49)39-27-32-10-6-7-13-38(32)52-39/h3-7,9-13,15,17,26-27,34,37,48,51H,8,14,16,18-25,28-29H2,1-2H3,(H,45,50)/t34-,37-,42-,44+/m0/s1. The van der Waals surface area contributed by atoms with Crippen molar-refractivity contribution in [3.05, 3.63) is 112 Å². The van der Waals surface area contributed by atoms with Crippen LogP contribution in [0.5, 0.6) is 0 Å². The molecule has 0 unspecified atom stereocenters. The molecule has 2 saturated heterocycles. The molecule has 272 valence electrons. The molecule has 3 heterocycles. The number of thiophene rings is 1. The number of nitrogens with one attached hydrogen (secondary N) is 1. The fourth-order valence-corrected chi connectivity index (χ4v) is 10.9. The van der Waals surface area contributed by atoms with Gasteiger partial charge in [-0.15, -0.1) is 11.3 Å². The number of carbonyl (C=O) groups is 2. The Kier molecular flexibility index (Phi) is 9.39. The van der Waals surface area contributed by atoms with Crippen LogP contribution in [0.4, 0.5) is 5.69 Å². The van der Waals surface area contributed by atoms with Crippen LogP contribution < -0.4 is 10.2 Å². The number of aliphatic hydroxyl groups is 2. The Bertz CT molecular complexity index is 1970. The Morgan fingerprint density at radius 3 is 2.52 bits per heavy atom. The van der Waals surface area contributed by atoms with Gasteiger partial charge in [-0.1, -0.05) is 67.1 Å². The van der Waals surface area contributed by atoms with Gasteiger partial charge in [-0.2, -0.15) is 0 Å². The number of anilines is 1. The van der Waals surface area contributed by atoms with Crippen molar-refractivity contribution in [2.75, 3.05) is 31.2 Å². The van der Waals surface area contributed by atoms with Crippen molar-refractivity contribution in [3.63, 3.8) is 0 Å². The first-order valence-corrected chi connectivity index (χ1v) is 20.0. The first-order valence-electron chi connectivity index (χ1n) is 19.1. The first-order chi connectivity index (χ1) is 25.1. The molecule has 2 bridgehead atoms. The van der Waals surface area contributed by atoms with Crippen molar-refractivity contribution in [2.45, 2.75) is 94.8 Å². The van der Waals surface area contributed by atoms with E-state index in [9.17, 15) is 19.8 Å². The van der Waals surface area contributed by atoms with Crippen LogP contribution >= 0.6 is 11.3 Å². The number of hydrogen-bond acceptors (Lipinski definition) is 7. The molecule has 5 aliphatic rings. The lowest BCUT2D eigenvalue weighted by Crippen LogP contribution is -2.59. The van der Waals surface area contributed by atoms with Crippen LogP contribution in [0.3, 0.4) is 0 Å². The number of piperidine rings is 1. The van der Waals surface area contributed by atoms with Gasteiger partial charge in [-0.05, 0) is 117 Å². The van der Waals surface area contributed by atoms with E-state index in [0.717, 1.165) is 70.6 Å². The second-order valence-electron chi connectivity index (χ2n) is 16.2. The van der Waals surface area contributed by atoms with Crippen molar-refractivity contribution in [3.8, 4) is 0 Å². The average Bonchev–Trinajstić information content (AvgIpc) is 3.80. The zero-order valence-corrected chi connectivity index (χ0v) is 31.3. The minimum Gasteiger partial charge on any atom is -0.393 e. The molecule has 2 aliphatic heterocycles. The van der Waals surface area contributed by atoms with E-state index in [1.54, 1.807) is 0 Å². The Morgan fingerprint density at radius 2 is 1.73 bits per heavy atom. The zero-order chi connectivity index (χ0) is 36.1. The van der Waals surface area contributed by atoms with Gasteiger partial charge in [0.2, 0.25) is 11.7 Å². The molecule has 3 fully saturated rings. The SMILES string of the molecule is CC1=CCC[C@@]2(C)[C@@H](CC[C@@]2(O)CN2CCC3(CC2)C(=O)NCN3c2ccccc2)c2ccc(cc2C(=O)c2cc3ccccc3s2)C[C@@H](O)CC1. The van der Waals surface area contributed by atoms with Crippen LogP contribution in [-0.4, -0.2) is 70.4 Å². The molecular formula is C44H51N3O4S. The van der Waals surface area contributed by atoms with Gasteiger partial charge in [0.1, 0.15) is 5.54 Å². The zero-order valence-electron chi connectivity index (χ0n) is 30.4. The molecule has 8 heteroatoms. The van der Waals surface area contributed by atoms with Gasteiger partial charge < -0.3 is 25.3 Å². The Hall–Kier alpha value is -3.82. The summed E-state index contributed by atoms with van der Waals surface area (Å²) in [5.74, 6) is 0.0988. The molecule has 1 amide bonds. The van der Waals surface area contributed by atoms with E-state index in [-0.39, 0.29) is 17.6 Å². The van der Waals surface area contributed by atoms with E-state index in [4.69, 9.17) is 0 Å². The maximum absolute atomic E-state index is 14.6. The fraction of sp³-hybridized carbons (Fsp3) is 0.455. The van der Waals surface area contributed by atoms with Crippen molar-refractivity contribution < 1.29 is 19.8 Å². The predicted molar refractivity (Wildman–Crippen MR) is 209 cm³/mol. The van der Waals surface area contributed by atoms with E-state index in [2.05, 4.69) is 71.4 Å². The summed E-state index contributed by atoms with van der Waals surface area (Å²) < 4.78 is 1.09. The molecule has 52 heavy (non-hydrogen) atoms. The molecule has 4 atom stereocenters. The predicted octanol–water partition coefficient (Wildman–Crippen LogP) is 7.60. The molecule has 9 rings (SSSR count). The summed E-state index contributed by atoms with van der Waals surface area (Å²) in [5, 5.41) is 28.2. The number of allylic oxidation sites excluding steroid dienone is 2. The number of fused-ring (bicyclic) bond motifs is 9. The van der Waals surface area contributed by atoms with Crippen molar-refractivity contribution in [2.24, 2.45) is 5.41 Å². The van der Waals surface area contributed by atoms with Crippen molar-refractivity contribution in [1.29, 1.82) is 0 Å². The Balaban J connectivity index is 1.11. The summed E-state index contributed by atoms with van der Waals surface area (Å²) in [6.07, 6.45) is 8.25. The number of rotatable bonds is 5. The number of amides is 1. The third-order valence-corrected chi connectivity index (χ3v) is 14.3. The molecule has 7 nitrogen and oxygen atoms in total. The minimum absolute atomic E-state index is 0.0207. The van der Waals surface area contributed by atoms with Gasteiger partial charge in [0.25, 0.3) is 0 Å². The minimum atomic E-state index is -0.981. The van der Waals surface area contributed by atoms with E-state index >= 15 is 0 Å². The third kappa shape index (κ3) is 6.21. The van der Waals surface area contributed by atoms with Crippen molar-refractivity contribution in [1.82, 2.24) is 10.2 Å². The molecule has 0 radical (unpaired) electrons. The summed E-state index contributed by atoms with van der Waals surface area (Å²) in [4.78, 5) is 33.3. The number of carbonyl (C=O) groups excluding carboxylic acids is 2. The molecule has 1 saturated carbocycles. The van der Waals surface area contributed by atoms with Crippen molar-refractivity contribution >= 4 is 38.8 Å². The van der Waals surface area contributed by atoms with Gasteiger partial charge in [0.05, 0.1) is 23.3 Å². The van der Waals surface area contributed by atoms with Gasteiger partial charge in [-0.3, -0.25) is 9.59 Å². The van der Waals surface area contributed by atoms with E-state index < -0.39 is 22.7 Å². The largest absolute Gasteiger partial charge is 0.393 e. The second kappa shape index (κ2) is 13.9. The van der Waals surface area contributed by atoms with Crippen LogP contribution in [0.1, 0.15) is 97.5 Å². The maximum atomic E-state index is 14.6. The monoisotopic (exact) mass is 717 g/mol. The highest BCUT2D eigenvalue weighted by Crippen LogP contribution is 2.59. The molecule has 3 aromatic carbocycles. The number of para-hydroxylation sites is 1. The van der Waals surface area contributed by atoms with Crippen LogP contribution in [-0.2, 0) is 11.2 Å². The van der Waals surface area contributed by atoms with Crippen LogP contribution in [0, 0.1) is 5.41 Å². The molecule has 1 aromatic heterocycles. The lowest BCUT2D eigenvalue weighted by atomic mass is 9.64. The lowest BCUT2D eigenvalue weighted by Gasteiger charge is -2.49. The van der Waals surface area contributed by atoms with Gasteiger partial charge in [-0.25, -0.2) is 0 Å². The lowest BCUT2D eigenvalue weighted by molar-refractivity contribution is -0.126. The molecule has 3 aliphatic carbocycles. The van der Waals surface area contributed by atoms with E-state index in [1.165, 1.54) is 16.9 Å². The Morgan fingerprint density at radius 1 is 0.962 bits per heavy atom. The smallest absolute Gasteiger partial charge is 0.247 e. The van der Waals surface area contributed by atoms with E-state index in [0.29, 0.717) is 50.9 Å². The van der Waals surface area contributed by atoms with Gasteiger partial charge >= 0.3 is 0 Å². The summed E-state index contributed by atoms with van der Waals surface area (Å²) in [6, 6.07) is 26.6. The number of nitrogens with zero attached hydrogens (tertiary/aromatic N) is 2. The fourth-order valence-electron chi connectivity index (χ4n) is 9.91. The summed E-state index contributed by atoms with van der Waals surface area (Å²) in [7, 11) is 0. The first kappa shape index (κ1) is 35.2. The summed E-state index contributed by atoms with van der Waals surface area (Å²) in [6.45, 7) is 6.92. The highest BCUT2D eigenvalue weighted by molar-refractivity contribution is 7.21. The normalized spacial score (nSPS) is 28.1. The van der Waals surface area contributed by atoms with E-state index in [1.807, 2.05) is 42.5 Å². The number of hydrogen-bond donors (Lipinski definition) is 3. The highest BCUT2D eigenvalue weighted by Gasteiger charge is 2.58. The molecule has 3 N–H and O–H groups in total. The van der Waals surface area contributed by atoms with Gasteiger partial charge in [0, 0.05) is 41.0 Å². The molecule has 4 aromatic rings. The average molecular weight is 718 g/mol.